The second-order valence-corrected chi connectivity index (χ2v) is 14.6. The van der Waals surface area contributed by atoms with Gasteiger partial charge in [0.05, 0.1) is 49.7 Å². The van der Waals surface area contributed by atoms with Gasteiger partial charge < -0.3 is 39.5 Å². The van der Waals surface area contributed by atoms with Crippen molar-refractivity contribution in [2.45, 2.75) is 116 Å². The van der Waals surface area contributed by atoms with Gasteiger partial charge in [-0.15, -0.1) is 5.10 Å². The lowest BCUT2D eigenvalue weighted by Crippen LogP contribution is -2.63. The van der Waals surface area contributed by atoms with Crippen LogP contribution in [0.15, 0.2) is 54.5 Å². The van der Waals surface area contributed by atoms with Crippen LogP contribution in [-0.2, 0) is 30.3 Å². The van der Waals surface area contributed by atoms with E-state index in [1.807, 2.05) is 39.1 Å². The van der Waals surface area contributed by atoms with Crippen LogP contribution in [0.3, 0.4) is 0 Å². The summed E-state index contributed by atoms with van der Waals surface area (Å²) in [5, 5.41) is 52.7. The Kier molecular flexibility index (Phi) is 15.2. The van der Waals surface area contributed by atoms with Crippen molar-refractivity contribution in [2.24, 2.45) is 23.7 Å². The third kappa shape index (κ3) is 10.6. The average Bonchev–Trinajstić information content (AvgIpc) is 3.60. The highest BCUT2D eigenvalue weighted by atomic mass is 16.7. The Labute approximate surface area is 306 Å². The van der Waals surface area contributed by atoms with Crippen LogP contribution in [-0.4, -0.2) is 127 Å². The number of nitrogens with zero attached hydrogens (tertiary/aromatic N) is 5. The van der Waals surface area contributed by atoms with Crippen molar-refractivity contribution in [3.05, 3.63) is 54.5 Å². The van der Waals surface area contributed by atoms with E-state index in [4.69, 9.17) is 14.2 Å². The van der Waals surface area contributed by atoms with Gasteiger partial charge in [-0.25, -0.2) is 0 Å². The molecule has 0 aliphatic carbocycles. The van der Waals surface area contributed by atoms with Crippen molar-refractivity contribution in [3.8, 4) is 11.3 Å². The number of ketones is 1. The Bertz CT molecular complexity index is 1500. The molecule has 2 unspecified atom stereocenters. The molecular formula is C38H57N5O9. The number of hydrogen-bond donors (Lipinski definition) is 4. The van der Waals surface area contributed by atoms with Crippen molar-refractivity contribution in [1.29, 1.82) is 0 Å². The summed E-state index contributed by atoms with van der Waals surface area (Å²) in [7, 11) is 3.50. The van der Waals surface area contributed by atoms with Crippen molar-refractivity contribution < 1.29 is 44.2 Å². The Hall–Kier alpha value is -3.37. The van der Waals surface area contributed by atoms with E-state index in [-0.39, 0.29) is 18.8 Å². The molecule has 0 amide bonds. The van der Waals surface area contributed by atoms with Crippen LogP contribution in [0, 0.1) is 23.7 Å². The monoisotopic (exact) mass is 727 g/mol. The zero-order valence-corrected chi connectivity index (χ0v) is 31.4. The van der Waals surface area contributed by atoms with E-state index in [0.29, 0.717) is 31.5 Å². The number of likely N-dealkylation sites (N-methyl/N-ethyl adjacent to an activating group) is 1. The standard InChI is InChI=1S/C38H57N5O9/c1-8-32-28(21-44)16-22(2)11-12-30(45)23(3)17-26(13-15-43-20-29(40-41-43)27-10-9-14-39-19-27)37(24(4)31(46)18-33(47)51-32)52-38-36(49)34(42(6)7)35(48)25(5)50-38/h9-12,14,16,19-20,23-26,28,31-32,34-38,44,46,48-49H,8,13,15,17-18,21H2,1-7H3/b12-11+,22-16+/t23-,24+,25-,26+,28-,31-,32-,34?,35-,36?,37-,38+/m1/s1. The molecule has 2 aromatic heterocycles. The summed E-state index contributed by atoms with van der Waals surface area (Å²) in [4.78, 5) is 32.8. The van der Waals surface area contributed by atoms with Crippen molar-refractivity contribution >= 4 is 11.8 Å². The zero-order chi connectivity index (χ0) is 38.1. The lowest BCUT2D eigenvalue weighted by atomic mass is 9.79. The zero-order valence-electron chi connectivity index (χ0n) is 31.4. The van der Waals surface area contributed by atoms with Gasteiger partial charge in [0, 0.05) is 42.3 Å². The number of rotatable bonds is 9. The summed E-state index contributed by atoms with van der Waals surface area (Å²) in [6.45, 7) is 9.08. The molecule has 0 aromatic carbocycles. The van der Waals surface area contributed by atoms with E-state index in [9.17, 15) is 30.0 Å². The van der Waals surface area contributed by atoms with E-state index in [1.165, 1.54) is 6.08 Å². The number of hydrogen-bond acceptors (Lipinski definition) is 13. The lowest BCUT2D eigenvalue weighted by molar-refractivity contribution is -0.304. The number of allylic oxidation sites excluding steroid dienone is 3. The van der Waals surface area contributed by atoms with Crippen LogP contribution >= 0.6 is 0 Å². The molecule has 0 radical (unpaired) electrons. The Morgan fingerprint density at radius 3 is 2.50 bits per heavy atom. The second-order valence-electron chi connectivity index (χ2n) is 14.6. The van der Waals surface area contributed by atoms with Gasteiger partial charge in [0.15, 0.2) is 12.1 Å². The van der Waals surface area contributed by atoms with E-state index < -0.39 is 78.6 Å². The van der Waals surface area contributed by atoms with Crippen molar-refractivity contribution in [1.82, 2.24) is 24.9 Å². The smallest absolute Gasteiger partial charge is 0.308 e. The van der Waals surface area contributed by atoms with E-state index >= 15 is 0 Å². The third-order valence-electron chi connectivity index (χ3n) is 10.4. The number of ether oxygens (including phenoxy) is 3. The number of aryl methyl sites for hydroxylation is 1. The van der Waals surface area contributed by atoms with Crippen LogP contribution in [0.25, 0.3) is 11.3 Å². The lowest BCUT2D eigenvalue weighted by Gasteiger charge is -2.46. The molecule has 12 atom stereocenters. The number of aliphatic hydroxyl groups excluding tert-OH is 4. The fraction of sp³-hybridized carbons (Fsp3) is 0.658. The van der Waals surface area contributed by atoms with E-state index in [0.717, 1.165) is 11.1 Å². The van der Waals surface area contributed by atoms with Crippen LogP contribution in [0.2, 0.25) is 0 Å². The first kappa shape index (κ1) is 41.4. The molecule has 0 saturated carbocycles. The molecule has 52 heavy (non-hydrogen) atoms. The molecular weight excluding hydrogens is 670 g/mol. The number of aromatic nitrogens is 4. The molecule has 1 fully saturated rings. The summed E-state index contributed by atoms with van der Waals surface area (Å²) in [5.41, 5.74) is 2.19. The van der Waals surface area contributed by atoms with Gasteiger partial charge >= 0.3 is 5.97 Å². The Balaban J connectivity index is 1.73. The van der Waals surface area contributed by atoms with Gasteiger partial charge in [-0.3, -0.25) is 19.3 Å². The number of carbonyl (C=O) groups is 2. The molecule has 2 aliphatic rings. The van der Waals surface area contributed by atoms with E-state index in [1.54, 1.807) is 62.1 Å². The van der Waals surface area contributed by atoms with Gasteiger partial charge in [0.1, 0.15) is 17.9 Å². The topological polar surface area (TPSA) is 190 Å². The Morgan fingerprint density at radius 2 is 1.85 bits per heavy atom. The van der Waals surface area contributed by atoms with Crippen molar-refractivity contribution in [3.63, 3.8) is 0 Å². The second kappa shape index (κ2) is 19.1. The maximum atomic E-state index is 13.6. The summed E-state index contributed by atoms with van der Waals surface area (Å²) >= 11 is 0. The van der Waals surface area contributed by atoms with Crippen molar-refractivity contribution in [2.75, 3.05) is 20.7 Å². The van der Waals surface area contributed by atoms with Gasteiger partial charge in [-0.2, -0.15) is 0 Å². The van der Waals surface area contributed by atoms with Crippen LogP contribution < -0.4 is 0 Å². The highest BCUT2D eigenvalue weighted by Crippen LogP contribution is 2.35. The normalized spacial score (nSPS) is 35.9. The van der Waals surface area contributed by atoms with Gasteiger partial charge in [-0.1, -0.05) is 43.7 Å². The predicted molar refractivity (Wildman–Crippen MR) is 192 cm³/mol. The molecule has 2 aromatic rings. The van der Waals surface area contributed by atoms with Gasteiger partial charge in [-0.05, 0) is 71.3 Å². The summed E-state index contributed by atoms with van der Waals surface area (Å²) in [5.74, 6) is -2.85. The minimum absolute atomic E-state index is 0.117. The predicted octanol–water partition coefficient (Wildman–Crippen LogP) is 2.56. The molecule has 4 rings (SSSR count). The number of carbonyl (C=O) groups excluding carboxylic acids is 2. The maximum Gasteiger partial charge on any atom is 0.308 e. The third-order valence-corrected chi connectivity index (χ3v) is 10.4. The minimum Gasteiger partial charge on any atom is -0.462 e. The SMILES string of the molecule is CC[C@H]1OC(=O)C[C@@H](O)[C@H](C)[C@@H](O[C@@H]2O[C@H](C)[C@@H](O)C(N(C)C)C2O)[C@@H](CCn2cc(-c3cccnc3)nn2)C[C@@H](C)C(=O)/C=C/C(C)=C/[C@@H]1CO. The molecule has 0 bridgehead atoms. The fourth-order valence-corrected chi connectivity index (χ4v) is 7.21. The number of cyclic esters (lactones) is 1. The van der Waals surface area contributed by atoms with Gasteiger partial charge in [0.25, 0.3) is 0 Å². The number of pyridine rings is 1. The molecule has 14 nitrogen and oxygen atoms in total. The molecule has 0 spiro atoms. The van der Waals surface area contributed by atoms with Crippen LogP contribution in [0.4, 0.5) is 0 Å². The first-order chi connectivity index (χ1) is 24.7. The first-order valence-corrected chi connectivity index (χ1v) is 18.3. The fourth-order valence-electron chi connectivity index (χ4n) is 7.21. The largest absolute Gasteiger partial charge is 0.462 e. The molecule has 2 aliphatic heterocycles. The number of esters is 1. The minimum atomic E-state index is -1.26. The van der Waals surface area contributed by atoms with Crippen LogP contribution in [0.1, 0.15) is 60.3 Å². The molecule has 1 saturated heterocycles. The number of aliphatic hydroxyl groups is 4. The quantitative estimate of drug-likeness (QED) is 0.276. The van der Waals surface area contributed by atoms with E-state index in [2.05, 4.69) is 15.3 Å². The maximum absolute atomic E-state index is 13.6. The highest BCUT2D eigenvalue weighted by molar-refractivity contribution is 5.91. The molecule has 288 valence electrons. The molecule has 4 N–H and O–H groups in total. The highest BCUT2D eigenvalue weighted by Gasteiger charge is 2.47. The molecule has 4 heterocycles. The summed E-state index contributed by atoms with van der Waals surface area (Å²) < 4.78 is 20.2. The summed E-state index contributed by atoms with van der Waals surface area (Å²) in [6, 6.07) is 3.00. The van der Waals surface area contributed by atoms with Crippen LogP contribution in [0.5, 0.6) is 0 Å². The molecule has 14 heteroatoms. The Morgan fingerprint density at radius 1 is 1.10 bits per heavy atom. The average molecular weight is 728 g/mol. The summed E-state index contributed by atoms with van der Waals surface area (Å²) in [6.07, 6.45) is 4.19. The first-order valence-electron chi connectivity index (χ1n) is 18.3. The van der Waals surface area contributed by atoms with Gasteiger partial charge in [0.2, 0.25) is 0 Å².